The molecule has 1 aromatic carbocycles. The number of piperidine rings is 1. The zero-order valence-electron chi connectivity index (χ0n) is 21.3. The molecular weight excluding hydrogens is 454 g/mol. The topological polar surface area (TPSA) is 100 Å². The van der Waals surface area contributed by atoms with Gasteiger partial charge < -0.3 is 25.0 Å². The molecule has 9 nitrogen and oxygen atoms in total. The number of anilines is 1. The first-order chi connectivity index (χ1) is 17.6. The highest BCUT2D eigenvalue weighted by molar-refractivity contribution is 5.93. The fraction of sp³-hybridized carbons (Fsp3) is 0.593. The van der Waals surface area contributed by atoms with Gasteiger partial charge in [-0.25, -0.2) is 9.97 Å². The zero-order valence-corrected chi connectivity index (χ0v) is 21.3. The highest BCUT2D eigenvalue weighted by Crippen LogP contribution is 2.40. The predicted molar refractivity (Wildman–Crippen MR) is 140 cm³/mol. The van der Waals surface area contributed by atoms with Gasteiger partial charge in [0, 0.05) is 43.2 Å². The van der Waals surface area contributed by atoms with Gasteiger partial charge in [-0.3, -0.25) is 5.10 Å². The standard InChI is InChI=1S/C27H37N7O2/c1-18-24(7-14-35-19-5-10-28-11-6-19)34(13-12-29-18)25-16-23(30-17-31-25)26-21-15-20(36-27(2)8-9-27)3-4-22(21)32-33-26/h3-4,15-19,24,28-29H,5-14H2,1-2H3,(H,32,33)/t18-,24?/m0/s1. The van der Waals surface area contributed by atoms with E-state index in [1.165, 1.54) is 0 Å². The van der Waals surface area contributed by atoms with Crippen molar-refractivity contribution < 1.29 is 9.47 Å². The van der Waals surface area contributed by atoms with E-state index in [4.69, 9.17) is 9.47 Å². The lowest BCUT2D eigenvalue weighted by Gasteiger charge is -2.41. The van der Waals surface area contributed by atoms with E-state index in [0.717, 1.165) is 98.7 Å². The molecule has 1 aliphatic carbocycles. The van der Waals surface area contributed by atoms with E-state index in [1.54, 1.807) is 6.33 Å². The minimum Gasteiger partial charge on any atom is -0.488 e. The van der Waals surface area contributed by atoms with E-state index in [-0.39, 0.29) is 5.60 Å². The van der Waals surface area contributed by atoms with E-state index >= 15 is 0 Å². The quantitative estimate of drug-likeness (QED) is 0.442. The average molecular weight is 492 g/mol. The number of nitrogens with one attached hydrogen (secondary N) is 3. The van der Waals surface area contributed by atoms with Gasteiger partial charge in [-0.2, -0.15) is 5.10 Å². The molecule has 0 bridgehead atoms. The number of fused-ring (bicyclic) bond motifs is 1. The van der Waals surface area contributed by atoms with Crippen molar-refractivity contribution in [3.63, 3.8) is 0 Å². The summed E-state index contributed by atoms with van der Waals surface area (Å²) in [4.78, 5) is 11.7. The second-order valence-corrected chi connectivity index (χ2v) is 10.7. The third-order valence-corrected chi connectivity index (χ3v) is 7.89. The summed E-state index contributed by atoms with van der Waals surface area (Å²) in [6, 6.07) is 8.85. The van der Waals surface area contributed by atoms with Crippen LogP contribution in [0, 0.1) is 0 Å². The van der Waals surface area contributed by atoms with Crippen molar-refractivity contribution in [2.45, 2.75) is 69.7 Å². The number of rotatable bonds is 8. The average Bonchev–Trinajstić information content (AvgIpc) is 3.47. The number of aromatic amines is 1. The maximum absolute atomic E-state index is 6.25. The summed E-state index contributed by atoms with van der Waals surface area (Å²) in [5.41, 5.74) is 2.60. The number of hydrogen-bond acceptors (Lipinski definition) is 8. The van der Waals surface area contributed by atoms with Crippen molar-refractivity contribution in [3.05, 3.63) is 30.6 Å². The monoisotopic (exact) mass is 491 g/mol. The lowest BCUT2D eigenvalue weighted by molar-refractivity contribution is 0.0271. The first-order valence-corrected chi connectivity index (χ1v) is 13.4. The molecule has 1 saturated carbocycles. The van der Waals surface area contributed by atoms with Crippen LogP contribution >= 0.6 is 0 Å². The molecule has 0 amide bonds. The molecule has 3 aromatic rings. The maximum atomic E-state index is 6.25. The highest BCUT2D eigenvalue weighted by Gasteiger charge is 2.40. The minimum absolute atomic E-state index is 0.0226. The summed E-state index contributed by atoms with van der Waals surface area (Å²) in [5.74, 6) is 1.82. The van der Waals surface area contributed by atoms with Crippen molar-refractivity contribution >= 4 is 16.7 Å². The van der Waals surface area contributed by atoms with Gasteiger partial charge in [0.2, 0.25) is 0 Å². The van der Waals surface area contributed by atoms with Crippen LogP contribution < -0.4 is 20.3 Å². The van der Waals surface area contributed by atoms with E-state index in [9.17, 15) is 0 Å². The molecule has 4 heterocycles. The number of hydrogen-bond donors (Lipinski definition) is 3. The second kappa shape index (κ2) is 9.95. The van der Waals surface area contributed by atoms with Crippen molar-refractivity contribution in [3.8, 4) is 17.1 Å². The van der Waals surface area contributed by atoms with Crippen LogP contribution in [0.25, 0.3) is 22.3 Å². The Balaban J connectivity index is 1.21. The van der Waals surface area contributed by atoms with Crippen LogP contribution in [0.15, 0.2) is 30.6 Å². The molecule has 1 unspecified atom stereocenters. The van der Waals surface area contributed by atoms with Crippen LogP contribution in [0.5, 0.6) is 5.75 Å². The van der Waals surface area contributed by atoms with Gasteiger partial charge in [-0.1, -0.05) is 0 Å². The number of piperazine rings is 1. The molecule has 3 N–H and O–H groups in total. The SMILES string of the molecule is C[C@@H]1NCCN(c2cc(-c3n[nH]c4ccc(OC5(C)CC5)cc34)ncn2)C1CCOC1CCNCC1. The summed E-state index contributed by atoms with van der Waals surface area (Å²) < 4.78 is 12.4. The molecular formula is C27H37N7O2. The van der Waals surface area contributed by atoms with Crippen LogP contribution in [0.4, 0.5) is 5.82 Å². The molecule has 2 aromatic heterocycles. The van der Waals surface area contributed by atoms with Crippen LogP contribution in [0.2, 0.25) is 0 Å². The van der Waals surface area contributed by atoms with Gasteiger partial charge >= 0.3 is 0 Å². The van der Waals surface area contributed by atoms with Gasteiger partial charge in [-0.05, 0) is 77.2 Å². The molecule has 3 aliphatic rings. The number of ether oxygens (including phenoxy) is 2. The predicted octanol–water partition coefficient (Wildman–Crippen LogP) is 3.28. The Morgan fingerprint density at radius 2 is 1.97 bits per heavy atom. The lowest BCUT2D eigenvalue weighted by atomic mass is 10.0. The Morgan fingerprint density at radius 3 is 2.81 bits per heavy atom. The molecule has 192 valence electrons. The van der Waals surface area contributed by atoms with Crippen molar-refractivity contribution in [1.82, 2.24) is 30.8 Å². The number of benzene rings is 1. The first-order valence-electron chi connectivity index (χ1n) is 13.4. The Kier molecular flexibility index (Phi) is 6.54. The number of nitrogens with zero attached hydrogens (tertiary/aromatic N) is 4. The van der Waals surface area contributed by atoms with E-state index < -0.39 is 0 Å². The first kappa shape index (κ1) is 23.6. The molecule has 3 fully saturated rings. The number of H-pyrrole nitrogens is 1. The Labute approximate surface area is 212 Å². The molecule has 2 aliphatic heterocycles. The smallest absolute Gasteiger partial charge is 0.132 e. The molecule has 0 spiro atoms. The molecule has 0 radical (unpaired) electrons. The van der Waals surface area contributed by atoms with Crippen LogP contribution in [-0.2, 0) is 4.74 Å². The van der Waals surface area contributed by atoms with E-state index in [1.807, 2.05) is 12.1 Å². The largest absolute Gasteiger partial charge is 0.488 e. The summed E-state index contributed by atoms with van der Waals surface area (Å²) in [6.07, 6.45) is 7.40. The van der Waals surface area contributed by atoms with Crippen molar-refractivity contribution in [2.24, 2.45) is 0 Å². The molecule has 6 rings (SSSR count). The second-order valence-electron chi connectivity index (χ2n) is 10.7. The Morgan fingerprint density at radius 1 is 1.11 bits per heavy atom. The fourth-order valence-corrected chi connectivity index (χ4v) is 5.44. The van der Waals surface area contributed by atoms with Gasteiger partial charge in [0.25, 0.3) is 0 Å². The van der Waals surface area contributed by atoms with Crippen LogP contribution in [0.1, 0.15) is 46.0 Å². The Hall–Kier alpha value is -2.75. The molecule has 2 atom stereocenters. The van der Waals surface area contributed by atoms with Gasteiger partial charge in [-0.15, -0.1) is 0 Å². The summed E-state index contributed by atoms with van der Waals surface area (Å²) in [7, 11) is 0. The van der Waals surface area contributed by atoms with Gasteiger partial charge in [0.1, 0.15) is 29.2 Å². The van der Waals surface area contributed by atoms with E-state index in [0.29, 0.717) is 18.2 Å². The fourth-order valence-electron chi connectivity index (χ4n) is 5.44. The van der Waals surface area contributed by atoms with Gasteiger partial charge in [0.05, 0.1) is 17.3 Å². The maximum Gasteiger partial charge on any atom is 0.132 e. The molecule has 2 saturated heterocycles. The normalized spacial score (nSPS) is 24.2. The minimum atomic E-state index is -0.0226. The number of aromatic nitrogens is 4. The van der Waals surface area contributed by atoms with Crippen LogP contribution in [-0.4, -0.2) is 76.7 Å². The molecule has 9 heteroatoms. The van der Waals surface area contributed by atoms with Crippen molar-refractivity contribution in [2.75, 3.05) is 37.7 Å². The highest BCUT2D eigenvalue weighted by atomic mass is 16.5. The van der Waals surface area contributed by atoms with Gasteiger partial charge in [0.15, 0.2) is 0 Å². The third-order valence-electron chi connectivity index (χ3n) is 7.89. The summed E-state index contributed by atoms with van der Waals surface area (Å²) in [6.45, 7) is 9.11. The van der Waals surface area contributed by atoms with Crippen molar-refractivity contribution in [1.29, 1.82) is 0 Å². The Bertz CT molecular complexity index is 1190. The zero-order chi connectivity index (χ0) is 24.5. The summed E-state index contributed by atoms with van der Waals surface area (Å²) in [5, 5.41) is 15.8. The van der Waals surface area contributed by atoms with Crippen LogP contribution in [0.3, 0.4) is 0 Å². The van der Waals surface area contributed by atoms with E-state index in [2.05, 4.69) is 61.7 Å². The molecule has 36 heavy (non-hydrogen) atoms. The lowest BCUT2D eigenvalue weighted by Crippen LogP contribution is -2.57. The summed E-state index contributed by atoms with van der Waals surface area (Å²) >= 11 is 0. The third kappa shape index (κ3) is 5.05.